The Kier molecular flexibility index (Phi) is 4.14. The molecule has 0 N–H and O–H groups in total. The van der Waals surface area contributed by atoms with Crippen LogP contribution in [0.3, 0.4) is 0 Å². The summed E-state index contributed by atoms with van der Waals surface area (Å²) in [6.45, 7) is 2.40. The minimum atomic E-state index is -0.496. The van der Waals surface area contributed by atoms with E-state index in [0.29, 0.717) is 0 Å². The standard InChI is InChI=1S/C16H20N2O2/c1-2-5-15(6-3-1)13-16(19-11-4-12-20-16)7-9-18-10-8-17-14-18/h1-3,5-6,8,10,14H,4,7,9,11-13H2. The van der Waals surface area contributed by atoms with Gasteiger partial charge >= 0.3 is 0 Å². The van der Waals surface area contributed by atoms with Gasteiger partial charge in [0.05, 0.1) is 19.5 Å². The van der Waals surface area contributed by atoms with Gasteiger partial charge in [-0.1, -0.05) is 30.3 Å². The van der Waals surface area contributed by atoms with Crippen LogP contribution in [0.1, 0.15) is 18.4 Å². The van der Waals surface area contributed by atoms with Crippen LogP contribution in [0.15, 0.2) is 49.1 Å². The summed E-state index contributed by atoms with van der Waals surface area (Å²) >= 11 is 0. The predicted octanol–water partition coefficient (Wildman–Crippen LogP) is 2.65. The van der Waals surface area contributed by atoms with Crippen molar-refractivity contribution in [2.75, 3.05) is 13.2 Å². The Morgan fingerprint density at radius 1 is 1.15 bits per heavy atom. The number of hydrogen-bond donors (Lipinski definition) is 0. The summed E-state index contributed by atoms with van der Waals surface area (Å²) in [6, 6.07) is 10.4. The van der Waals surface area contributed by atoms with Crippen LogP contribution >= 0.6 is 0 Å². The maximum absolute atomic E-state index is 6.01. The van der Waals surface area contributed by atoms with Gasteiger partial charge in [-0.15, -0.1) is 0 Å². The number of imidazole rings is 1. The van der Waals surface area contributed by atoms with Gasteiger partial charge in [0.15, 0.2) is 5.79 Å². The minimum Gasteiger partial charge on any atom is -0.349 e. The third kappa shape index (κ3) is 3.26. The van der Waals surface area contributed by atoms with Crippen LogP contribution in [0.4, 0.5) is 0 Å². The van der Waals surface area contributed by atoms with Crippen molar-refractivity contribution in [3.8, 4) is 0 Å². The molecule has 4 heteroatoms. The Labute approximate surface area is 119 Å². The molecule has 4 nitrogen and oxygen atoms in total. The van der Waals surface area contributed by atoms with Crippen LogP contribution in [0.2, 0.25) is 0 Å². The SMILES string of the molecule is c1ccc(CC2(CCn3ccnc3)OCCCO2)cc1. The molecule has 0 atom stereocenters. The van der Waals surface area contributed by atoms with Crippen molar-refractivity contribution in [2.24, 2.45) is 0 Å². The van der Waals surface area contributed by atoms with Crippen molar-refractivity contribution in [1.82, 2.24) is 9.55 Å². The fourth-order valence-electron chi connectivity index (χ4n) is 2.58. The molecule has 2 heterocycles. The lowest BCUT2D eigenvalue weighted by molar-refractivity contribution is -0.270. The molecule has 0 amide bonds. The van der Waals surface area contributed by atoms with Crippen LogP contribution in [0.25, 0.3) is 0 Å². The molecule has 1 aromatic heterocycles. The summed E-state index contributed by atoms with van der Waals surface area (Å²) in [5.41, 5.74) is 1.25. The highest BCUT2D eigenvalue weighted by molar-refractivity contribution is 5.16. The van der Waals surface area contributed by atoms with Crippen molar-refractivity contribution < 1.29 is 9.47 Å². The van der Waals surface area contributed by atoms with E-state index in [1.165, 1.54) is 5.56 Å². The lowest BCUT2D eigenvalue weighted by atomic mass is 10.0. The van der Waals surface area contributed by atoms with E-state index in [0.717, 1.165) is 39.0 Å². The van der Waals surface area contributed by atoms with E-state index in [1.807, 2.05) is 18.6 Å². The maximum Gasteiger partial charge on any atom is 0.173 e. The molecule has 1 saturated heterocycles. The molecule has 0 radical (unpaired) electrons. The van der Waals surface area contributed by atoms with E-state index < -0.39 is 5.79 Å². The first-order valence-electron chi connectivity index (χ1n) is 7.14. The number of ether oxygens (including phenoxy) is 2. The largest absolute Gasteiger partial charge is 0.349 e. The molecule has 106 valence electrons. The molecule has 2 aromatic rings. The number of aryl methyl sites for hydroxylation is 1. The summed E-state index contributed by atoms with van der Waals surface area (Å²) in [7, 11) is 0. The number of aromatic nitrogens is 2. The third-order valence-electron chi connectivity index (χ3n) is 3.65. The molecule has 1 aromatic carbocycles. The monoisotopic (exact) mass is 272 g/mol. The highest BCUT2D eigenvalue weighted by Crippen LogP contribution is 2.28. The average molecular weight is 272 g/mol. The Bertz CT molecular complexity index is 505. The molecule has 1 fully saturated rings. The molecule has 0 aliphatic carbocycles. The van der Waals surface area contributed by atoms with Gasteiger partial charge < -0.3 is 14.0 Å². The van der Waals surface area contributed by atoms with E-state index >= 15 is 0 Å². The molecule has 1 aliphatic rings. The fraction of sp³-hybridized carbons (Fsp3) is 0.438. The zero-order valence-electron chi connectivity index (χ0n) is 11.6. The first-order valence-corrected chi connectivity index (χ1v) is 7.14. The van der Waals surface area contributed by atoms with Crippen molar-refractivity contribution >= 4 is 0 Å². The van der Waals surface area contributed by atoms with E-state index in [-0.39, 0.29) is 0 Å². The van der Waals surface area contributed by atoms with Gasteiger partial charge in [0.2, 0.25) is 0 Å². The Morgan fingerprint density at radius 2 is 1.95 bits per heavy atom. The summed E-state index contributed by atoms with van der Waals surface area (Å²) in [6.07, 6.45) is 8.20. The van der Waals surface area contributed by atoms with Gasteiger partial charge in [0.1, 0.15) is 0 Å². The van der Waals surface area contributed by atoms with Crippen LogP contribution in [-0.2, 0) is 22.4 Å². The second kappa shape index (κ2) is 6.20. The molecule has 1 aliphatic heterocycles. The van der Waals surface area contributed by atoms with Gasteiger partial charge in [-0.25, -0.2) is 4.98 Å². The van der Waals surface area contributed by atoms with Crippen molar-refractivity contribution in [2.45, 2.75) is 31.6 Å². The summed E-state index contributed by atoms with van der Waals surface area (Å²) in [4.78, 5) is 4.07. The van der Waals surface area contributed by atoms with Gasteiger partial charge in [0, 0.05) is 31.8 Å². The summed E-state index contributed by atoms with van der Waals surface area (Å²) in [5, 5.41) is 0. The van der Waals surface area contributed by atoms with E-state index in [4.69, 9.17) is 9.47 Å². The van der Waals surface area contributed by atoms with E-state index in [2.05, 4.69) is 33.8 Å². The molecule has 0 bridgehead atoms. The molecule has 0 saturated carbocycles. The van der Waals surface area contributed by atoms with Crippen LogP contribution in [0, 0.1) is 0 Å². The van der Waals surface area contributed by atoms with E-state index in [1.54, 1.807) is 6.20 Å². The van der Waals surface area contributed by atoms with Gasteiger partial charge in [-0.3, -0.25) is 0 Å². The highest BCUT2D eigenvalue weighted by atomic mass is 16.7. The minimum absolute atomic E-state index is 0.496. The summed E-state index contributed by atoms with van der Waals surface area (Å²) in [5.74, 6) is -0.496. The second-order valence-electron chi connectivity index (χ2n) is 5.17. The zero-order chi connectivity index (χ0) is 13.7. The molecular formula is C16H20N2O2. The first kappa shape index (κ1) is 13.3. The third-order valence-corrected chi connectivity index (χ3v) is 3.65. The number of nitrogens with zero attached hydrogens (tertiary/aromatic N) is 2. The Morgan fingerprint density at radius 3 is 2.65 bits per heavy atom. The smallest absolute Gasteiger partial charge is 0.173 e. The lowest BCUT2D eigenvalue weighted by Crippen LogP contribution is -2.43. The number of benzene rings is 1. The topological polar surface area (TPSA) is 36.3 Å². The lowest BCUT2D eigenvalue weighted by Gasteiger charge is -2.37. The Hall–Kier alpha value is -1.65. The fourth-order valence-corrected chi connectivity index (χ4v) is 2.58. The highest BCUT2D eigenvalue weighted by Gasteiger charge is 2.34. The molecule has 3 rings (SSSR count). The van der Waals surface area contributed by atoms with Crippen LogP contribution in [0.5, 0.6) is 0 Å². The predicted molar refractivity (Wildman–Crippen MR) is 76.2 cm³/mol. The van der Waals surface area contributed by atoms with Crippen LogP contribution < -0.4 is 0 Å². The first-order chi connectivity index (χ1) is 9.86. The average Bonchev–Trinajstić information content (AvgIpc) is 3.01. The molecular weight excluding hydrogens is 252 g/mol. The van der Waals surface area contributed by atoms with Crippen molar-refractivity contribution in [3.05, 3.63) is 54.6 Å². The molecule has 0 unspecified atom stereocenters. The van der Waals surface area contributed by atoms with Crippen molar-refractivity contribution in [1.29, 1.82) is 0 Å². The number of hydrogen-bond acceptors (Lipinski definition) is 3. The van der Waals surface area contributed by atoms with Crippen LogP contribution in [-0.4, -0.2) is 28.6 Å². The van der Waals surface area contributed by atoms with E-state index in [9.17, 15) is 0 Å². The molecule has 20 heavy (non-hydrogen) atoms. The Balaban J connectivity index is 1.70. The van der Waals surface area contributed by atoms with Gasteiger partial charge in [-0.05, 0) is 12.0 Å². The molecule has 0 spiro atoms. The van der Waals surface area contributed by atoms with Gasteiger partial charge in [-0.2, -0.15) is 0 Å². The maximum atomic E-state index is 6.01. The summed E-state index contributed by atoms with van der Waals surface area (Å²) < 4.78 is 14.1. The normalized spacial score (nSPS) is 18.0. The van der Waals surface area contributed by atoms with Crippen molar-refractivity contribution in [3.63, 3.8) is 0 Å². The second-order valence-corrected chi connectivity index (χ2v) is 5.17. The number of rotatable bonds is 5. The quantitative estimate of drug-likeness (QED) is 0.839. The zero-order valence-corrected chi connectivity index (χ0v) is 11.6. The van der Waals surface area contributed by atoms with Gasteiger partial charge in [0.25, 0.3) is 0 Å².